The molecule has 1 amide bonds. The Morgan fingerprint density at radius 2 is 1.94 bits per heavy atom. The molecule has 0 spiro atoms. The normalized spacial score (nSPS) is 12.0. The Kier molecular flexibility index (Phi) is 7.25. The molecule has 0 saturated carbocycles. The van der Waals surface area contributed by atoms with Crippen molar-refractivity contribution in [3.8, 4) is 11.4 Å². The Morgan fingerprint density at radius 1 is 1.12 bits per heavy atom. The fraction of sp³-hybridized carbons (Fsp3) is 0.269. The first-order valence-electron chi connectivity index (χ1n) is 11.1. The highest BCUT2D eigenvalue weighted by atomic mass is 35.5. The van der Waals surface area contributed by atoms with E-state index < -0.39 is 0 Å². The summed E-state index contributed by atoms with van der Waals surface area (Å²) in [6.45, 7) is 5.02. The van der Waals surface area contributed by atoms with E-state index in [1.807, 2.05) is 67.6 Å². The van der Waals surface area contributed by atoms with E-state index in [-0.39, 0.29) is 11.9 Å². The molecule has 0 aliphatic carbocycles. The molecule has 1 atom stereocenters. The number of benzene rings is 2. The number of hydrogen-bond donors (Lipinski definition) is 1. The minimum atomic E-state index is 0.0125. The Balaban J connectivity index is 1.75. The van der Waals surface area contributed by atoms with Gasteiger partial charge in [-0.1, -0.05) is 48.9 Å². The summed E-state index contributed by atoms with van der Waals surface area (Å²) in [5.74, 6) is 2.15. The lowest BCUT2D eigenvalue weighted by atomic mass is 10.1. The standard InChI is InChI=1S/C26H27ClN4O2/c1-3-18(2)28-24(32)13-14-31(17-21-10-7-15-33-21)26-22-12-11-20(27)16-23(22)29-25(30-26)19-8-5-4-6-9-19/h4-12,15-16,18H,3,13-14,17H2,1-2H3,(H,28,32). The van der Waals surface area contributed by atoms with Gasteiger partial charge in [0.15, 0.2) is 5.82 Å². The first-order valence-corrected chi connectivity index (χ1v) is 11.5. The van der Waals surface area contributed by atoms with Crippen LogP contribution in [-0.4, -0.2) is 28.5 Å². The molecule has 0 fully saturated rings. The van der Waals surface area contributed by atoms with Crippen LogP contribution in [0.25, 0.3) is 22.3 Å². The van der Waals surface area contributed by atoms with Crippen LogP contribution in [0.5, 0.6) is 0 Å². The van der Waals surface area contributed by atoms with Crippen LogP contribution in [0.2, 0.25) is 5.02 Å². The molecule has 2 aromatic heterocycles. The Bertz CT molecular complexity index is 1210. The van der Waals surface area contributed by atoms with Crippen molar-refractivity contribution in [2.24, 2.45) is 0 Å². The van der Waals surface area contributed by atoms with Gasteiger partial charge < -0.3 is 14.6 Å². The summed E-state index contributed by atoms with van der Waals surface area (Å²) in [5.41, 5.74) is 1.66. The van der Waals surface area contributed by atoms with Crippen molar-refractivity contribution in [3.05, 3.63) is 77.7 Å². The largest absolute Gasteiger partial charge is 0.467 e. The minimum Gasteiger partial charge on any atom is -0.467 e. The third-order valence-corrected chi connectivity index (χ3v) is 5.76. The van der Waals surface area contributed by atoms with E-state index in [0.717, 1.165) is 34.5 Å². The highest BCUT2D eigenvalue weighted by Gasteiger charge is 2.19. The number of halogens is 1. The molecular formula is C26H27ClN4O2. The predicted molar refractivity (Wildman–Crippen MR) is 132 cm³/mol. The maximum atomic E-state index is 12.5. The number of fused-ring (bicyclic) bond motifs is 1. The van der Waals surface area contributed by atoms with E-state index in [2.05, 4.69) is 17.1 Å². The third kappa shape index (κ3) is 5.71. The molecule has 7 heteroatoms. The van der Waals surface area contributed by atoms with E-state index >= 15 is 0 Å². The Morgan fingerprint density at radius 3 is 2.67 bits per heavy atom. The second-order valence-corrected chi connectivity index (χ2v) is 8.46. The third-order valence-electron chi connectivity index (χ3n) is 5.53. The summed E-state index contributed by atoms with van der Waals surface area (Å²) in [7, 11) is 0. The number of hydrogen-bond acceptors (Lipinski definition) is 5. The molecule has 33 heavy (non-hydrogen) atoms. The van der Waals surface area contributed by atoms with Crippen LogP contribution >= 0.6 is 11.6 Å². The molecule has 170 valence electrons. The number of nitrogens with zero attached hydrogens (tertiary/aromatic N) is 3. The summed E-state index contributed by atoms with van der Waals surface area (Å²) in [6, 6.07) is 19.4. The van der Waals surface area contributed by atoms with Crippen LogP contribution in [0.3, 0.4) is 0 Å². The molecule has 0 saturated heterocycles. The number of furan rings is 1. The van der Waals surface area contributed by atoms with Crippen molar-refractivity contribution < 1.29 is 9.21 Å². The van der Waals surface area contributed by atoms with Crippen molar-refractivity contribution in [2.75, 3.05) is 11.4 Å². The molecular weight excluding hydrogens is 436 g/mol. The van der Waals surface area contributed by atoms with Gasteiger partial charge in [0, 0.05) is 35.0 Å². The molecule has 2 aromatic carbocycles. The first-order chi connectivity index (χ1) is 16.0. The summed E-state index contributed by atoms with van der Waals surface area (Å²) in [6.07, 6.45) is 2.88. The van der Waals surface area contributed by atoms with Gasteiger partial charge in [-0.15, -0.1) is 0 Å². The van der Waals surface area contributed by atoms with Gasteiger partial charge in [0.1, 0.15) is 11.6 Å². The van der Waals surface area contributed by atoms with Gasteiger partial charge in [-0.05, 0) is 43.7 Å². The number of amides is 1. The van der Waals surface area contributed by atoms with Crippen LogP contribution in [0.1, 0.15) is 32.4 Å². The predicted octanol–water partition coefficient (Wildman–Crippen LogP) is 5.85. The van der Waals surface area contributed by atoms with Gasteiger partial charge >= 0.3 is 0 Å². The van der Waals surface area contributed by atoms with Gasteiger partial charge in [-0.25, -0.2) is 9.97 Å². The molecule has 1 unspecified atom stereocenters. The van der Waals surface area contributed by atoms with Crippen LogP contribution in [0.15, 0.2) is 71.3 Å². The van der Waals surface area contributed by atoms with Crippen LogP contribution in [-0.2, 0) is 11.3 Å². The molecule has 2 heterocycles. The highest BCUT2D eigenvalue weighted by Crippen LogP contribution is 2.30. The van der Waals surface area contributed by atoms with E-state index in [0.29, 0.717) is 30.4 Å². The molecule has 0 bridgehead atoms. The van der Waals surface area contributed by atoms with Gasteiger partial charge in [0.2, 0.25) is 5.91 Å². The quantitative estimate of drug-likeness (QED) is 0.337. The smallest absolute Gasteiger partial charge is 0.221 e. The zero-order valence-electron chi connectivity index (χ0n) is 18.8. The lowest BCUT2D eigenvalue weighted by Gasteiger charge is -2.25. The lowest BCUT2D eigenvalue weighted by molar-refractivity contribution is -0.121. The number of nitrogens with one attached hydrogen (secondary N) is 1. The van der Waals surface area contributed by atoms with E-state index in [9.17, 15) is 4.79 Å². The van der Waals surface area contributed by atoms with Crippen molar-refractivity contribution in [2.45, 2.75) is 39.3 Å². The van der Waals surface area contributed by atoms with Crippen LogP contribution < -0.4 is 10.2 Å². The van der Waals surface area contributed by atoms with Gasteiger partial charge in [-0.3, -0.25) is 4.79 Å². The fourth-order valence-electron chi connectivity index (χ4n) is 3.58. The van der Waals surface area contributed by atoms with Gasteiger partial charge in [-0.2, -0.15) is 0 Å². The van der Waals surface area contributed by atoms with E-state index in [1.165, 1.54) is 0 Å². The van der Waals surface area contributed by atoms with Crippen LogP contribution in [0.4, 0.5) is 5.82 Å². The summed E-state index contributed by atoms with van der Waals surface area (Å²) >= 11 is 6.29. The van der Waals surface area contributed by atoms with Crippen LogP contribution in [0, 0.1) is 0 Å². The van der Waals surface area contributed by atoms with Crippen molar-refractivity contribution in [1.82, 2.24) is 15.3 Å². The number of anilines is 1. The molecule has 0 radical (unpaired) electrons. The summed E-state index contributed by atoms with van der Waals surface area (Å²) in [4.78, 5) is 24.3. The zero-order valence-corrected chi connectivity index (χ0v) is 19.5. The Labute approximate surface area is 198 Å². The molecule has 6 nitrogen and oxygen atoms in total. The number of aromatic nitrogens is 2. The summed E-state index contributed by atoms with van der Waals surface area (Å²) < 4.78 is 5.61. The van der Waals surface area contributed by atoms with E-state index in [4.69, 9.17) is 26.0 Å². The topological polar surface area (TPSA) is 71.3 Å². The first kappa shape index (κ1) is 22.8. The average Bonchev–Trinajstić information content (AvgIpc) is 3.34. The van der Waals surface area contributed by atoms with Gasteiger partial charge in [0.25, 0.3) is 0 Å². The molecule has 4 rings (SSSR count). The average molecular weight is 463 g/mol. The van der Waals surface area contributed by atoms with Gasteiger partial charge in [0.05, 0.1) is 18.3 Å². The lowest BCUT2D eigenvalue weighted by Crippen LogP contribution is -2.35. The van der Waals surface area contributed by atoms with Crippen molar-refractivity contribution in [3.63, 3.8) is 0 Å². The Hall–Kier alpha value is -3.38. The molecule has 0 aliphatic heterocycles. The highest BCUT2D eigenvalue weighted by molar-refractivity contribution is 6.31. The van der Waals surface area contributed by atoms with Crippen molar-refractivity contribution in [1.29, 1.82) is 0 Å². The second kappa shape index (κ2) is 10.5. The number of carbonyl (C=O) groups is 1. The SMILES string of the molecule is CCC(C)NC(=O)CCN(Cc1ccco1)c1nc(-c2ccccc2)nc2cc(Cl)ccc12. The molecule has 1 N–H and O–H groups in total. The second-order valence-electron chi connectivity index (χ2n) is 8.03. The van der Waals surface area contributed by atoms with E-state index in [1.54, 1.807) is 6.26 Å². The maximum absolute atomic E-state index is 12.5. The maximum Gasteiger partial charge on any atom is 0.221 e. The number of rotatable bonds is 9. The zero-order chi connectivity index (χ0) is 23.2. The minimum absolute atomic E-state index is 0.0125. The van der Waals surface area contributed by atoms with Crippen molar-refractivity contribution >= 4 is 34.2 Å². The fourth-order valence-corrected chi connectivity index (χ4v) is 3.75. The monoisotopic (exact) mass is 462 g/mol. The number of carbonyl (C=O) groups excluding carboxylic acids is 1. The molecule has 0 aliphatic rings. The summed E-state index contributed by atoms with van der Waals surface area (Å²) in [5, 5.41) is 4.51. The molecule has 4 aromatic rings.